The van der Waals surface area contributed by atoms with Crippen molar-refractivity contribution >= 4 is 6.29 Å². The van der Waals surface area contributed by atoms with Crippen molar-refractivity contribution in [3.8, 4) is 0 Å². The summed E-state index contributed by atoms with van der Waals surface area (Å²) in [4.78, 5) is 9.90. The fourth-order valence-corrected chi connectivity index (χ4v) is 0.582. The summed E-state index contributed by atoms with van der Waals surface area (Å²) in [5.41, 5.74) is 0.875. The van der Waals surface area contributed by atoms with Gasteiger partial charge in [-0.15, -0.1) is 0 Å². The van der Waals surface area contributed by atoms with Crippen molar-refractivity contribution in [3.05, 3.63) is 11.6 Å². The van der Waals surface area contributed by atoms with E-state index in [0.29, 0.717) is 0 Å². The van der Waals surface area contributed by atoms with Gasteiger partial charge in [0.15, 0.2) is 0 Å². The van der Waals surface area contributed by atoms with E-state index in [2.05, 4.69) is 5.32 Å². The molecule has 1 rings (SSSR count). The van der Waals surface area contributed by atoms with Crippen molar-refractivity contribution < 1.29 is 4.79 Å². The van der Waals surface area contributed by atoms with Crippen LogP contribution < -0.4 is 5.32 Å². The quantitative estimate of drug-likeness (QED) is 0.456. The summed E-state index contributed by atoms with van der Waals surface area (Å²) >= 11 is 0. The largest absolute Gasteiger partial charge is 0.309 e. The van der Waals surface area contributed by atoms with Crippen LogP contribution in [0.5, 0.6) is 0 Å². The predicted molar refractivity (Wildman–Crippen MR) is 27.0 cm³/mol. The molecule has 0 spiro atoms. The first-order valence-electron chi connectivity index (χ1n) is 2.28. The molecular weight excluding hydrogens is 90.1 g/mol. The molecular formula is C5H7NO. The van der Waals surface area contributed by atoms with Crippen LogP contribution in [-0.2, 0) is 4.79 Å². The van der Waals surface area contributed by atoms with E-state index in [1.54, 1.807) is 0 Å². The first kappa shape index (κ1) is 4.53. The summed E-state index contributed by atoms with van der Waals surface area (Å²) < 4.78 is 0. The molecule has 1 aliphatic rings. The minimum absolute atomic E-state index is 0.753. The van der Waals surface area contributed by atoms with Crippen LogP contribution in [0.3, 0.4) is 0 Å². The lowest BCUT2D eigenvalue weighted by molar-refractivity contribution is -0.104. The SMILES string of the molecule is O=CC1=CCNC1. The summed E-state index contributed by atoms with van der Waals surface area (Å²) in [7, 11) is 0. The molecule has 0 unspecified atom stereocenters. The number of hydrogen-bond donors (Lipinski definition) is 1. The third kappa shape index (κ3) is 0.871. The molecule has 0 aromatic carbocycles. The van der Waals surface area contributed by atoms with Gasteiger partial charge >= 0.3 is 0 Å². The molecule has 0 aromatic rings. The van der Waals surface area contributed by atoms with Crippen LogP contribution in [0.4, 0.5) is 0 Å². The highest BCUT2D eigenvalue weighted by Crippen LogP contribution is 1.91. The Labute approximate surface area is 42.2 Å². The lowest BCUT2D eigenvalue weighted by Gasteiger charge is -1.82. The highest BCUT2D eigenvalue weighted by atomic mass is 16.1. The Balaban J connectivity index is 2.51. The van der Waals surface area contributed by atoms with Crippen LogP contribution in [0.1, 0.15) is 0 Å². The van der Waals surface area contributed by atoms with Crippen molar-refractivity contribution in [1.82, 2.24) is 5.32 Å². The van der Waals surface area contributed by atoms with Gasteiger partial charge in [-0.3, -0.25) is 4.79 Å². The Morgan fingerprint density at radius 2 is 2.71 bits per heavy atom. The lowest BCUT2D eigenvalue weighted by Crippen LogP contribution is -2.07. The molecule has 0 aromatic heterocycles. The van der Waals surface area contributed by atoms with E-state index in [4.69, 9.17) is 0 Å². The number of hydrogen-bond acceptors (Lipinski definition) is 2. The Morgan fingerprint density at radius 1 is 1.86 bits per heavy atom. The van der Waals surface area contributed by atoms with Gasteiger partial charge in [0.1, 0.15) is 6.29 Å². The summed E-state index contributed by atoms with van der Waals surface area (Å²) in [5.74, 6) is 0. The van der Waals surface area contributed by atoms with Gasteiger partial charge in [-0.05, 0) is 0 Å². The monoisotopic (exact) mass is 97.1 g/mol. The van der Waals surface area contributed by atoms with E-state index in [9.17, 15) is 4.79 Å². The van der Waals surface area contributed by atoms with Crippen molar-refractivity contribution in [1.29, 1.82) is 0 Å². The highest BCUT2D eigenvalue weighted by molar-refractivity contribution is 5.74. The molecule has 1 heterocycles. The average molecular weight is 97.1 g/mol. The smallest absolute Gasteiger partial charge is 0.147 e. The van der Waals surface area contributed by atoms with E-state index in [-0.39, 0.29) is 0 Å². The molecule has 0 bridgehead atoms. The maximum absolute atomic E-state index is 9.90. The van der Waals surface area contributed by atoms with Gasteiger partial charge in [-0.1, -0.05) is 6.08 Å². The minimum Gasteiger partial charge on any atom is -0.309 e. The third-order valence-corrected chi connectivity index (χ3v) is 0.989. The van der Waals surface area contributed by atoms with E-state index >= 15 is 0 Å². The molecule has 0 amide bonds. The standard InChI is InChI=1S/C5H7NO/c7-4-5-1-2-6-3-5/h1,4,6H,2-3H2. The van der Waals surface area contributed by atoms with Crippen LogP contribution in [0, 0.1) is 0 Å². The summed E-state index contributed by atoms with van der Waals surface area (Å²) in [6.07, 6.45) is 2.78. The molecule has 1 N–H and O–H groups in total. The average Bonchev–Trinajstić information content (AvgIpc) is 2.14. The summed E-state index contributed by atoms with van der Waals surface area (Å²) in [6, 6.07) is 0. The van der Waals surface area contributed by atoms with Gasteiger partial charge in [-0.25, -0.2) is 0 Å². The maximum atomic E-state index is 9.90. The molecule has 0 atom stereocenters. The van der Waals surface area contributed by atoms with Gasteiger partial charge in [0.05, 0.1) is 0 Å². The van der Waals surface area contributed by atoms with E-state index < -0.39 is 0 Å². The number of nitrogens with one attached hydrogen (secondary N) is 1. The Kier molecular flexibility index (Phi) is 1.22. The number of carbonyl (C=O) groups is 1. The predicted octanol–water partition coefficient (Wildman–Crippen LogP) is -0.285. The summed E-state index contributed by atoms with van der Waals surface area (Å²) in [6.45, 7) is 1.61. The fourth-order valence-electron chi connectivity index (χ4n) is 0.582. The van der Waals surface area contributed by atoms with Crippen LogP contribution >= 0.6 is 0 Å². The second-order valence-electron chi connectivity index (χ2n) is 1.53. The molecule has 7 heavy (non-hydrogen) atoms. The van der Waals surface area contributed by atoms with Gasteiger partial charge in [0.25, 0.3) is 0 Å². The van der Waals surface area contributed by atoms with Crippen molar-refractivity contribution in [2.75, 3.05) is 13.1 Å². The molecule has 0 saturated heterocycles. The van der Waals surface area contributed by atoms with Crippen molar-refractivity contribution in [2.24, 2.45) is 0 Å². The zero-order valence-electron chi connectivity index (χ0n) is 3.98. The first-order valence-corrected chi connectivity index (χ1v) is 2.28. The molecule has 0 aliphatic carbocycles. The lowest BCUT2D eigenvalue weighted by atomic mass is 10.3. The summed E-state index contributed by atoms with van der Waals surface area (Å²) in [5, 5.41) is 3.00. The van der Waals surface area contributed by atoms with E-state index in [1.807, 2.05) is 6.08 Å². The fraction of sp³-hybridized carbons (Fsp3) is 0.400. The zero-order chi connectivity index (χ0) is 5.11. The minimum atomic E-state index is 0.753. The van der Waals surface area contributed by atoms with Gasteiger partial charge in [-0.2, -0.15) is 0 Å². The van der Waals surface area contributed by atoms with Crippen molar-refractivity contribution in [3.63, 3.8) is 0 Å². The normalized spacial score (nSPS) is 19.1. The van der Waals surface area contributed by atoms with Gasteiger partial charge in [0, 0.05) is 18.7 Å². The van der Waals surface area contributed by atoms with Gasteiger partial charge < -0.3 is 5.32 Å². The molecule has 0 fully saturated rings. The zero-order valence-corrected chi connectivity index (χ0v) is 3.98. The second kappa shape index (κ2) is 1.89. The number of aldehydes is 1. The number of carbonyl (C=O) groups excluding carboxylic acids is 1. The van der Waals surface area contributed by atoms with Crippen molar-refractivity contribution in [2.45, 2.75) is 0 Å². The van der Waals surface area contributed by atoms with Crippen LogP contribution in [0.15, 0.2) is 11.6 Å². The molecule has 2 heteroatoms. The Bertz CT molecular complexity index is 107. The molecule has 38 valence electrons. The Hall–Kier alpha value is -0.630. The molecule has 0 radical (unpaired) electrons. The number of rotatable bonds is 1. The maximum Gasteiger partial charge on any atom is 0.147 e. The van der Waals surface area contributed by atoms with Gasteiger partial charge in [0.2, 0.25) is 0 Å². The Morgan fingerprint density at radius 3 is 3.00 bits per heavy atom. The van der Waals surface area contributed by atoms with Crippen LogP contribution in [0.2, 0.25) is 0 Å². The highest BCUT2D eigenvalue weighted by Gasteiger charge is 1.98. The first-order chi connectivity index (χ1) is 3.43. The van der Waals surface area contributed by atoms with Crippen LogP contribution in [0.25, 0.3) is 0 Å². The van der Waals surface area contributed by atoms with E-state index in [1.165, 1.54) is 0 Å². The molecule has 1 aliphatic heterocycles. The van der Waals surface area contributed by atoms with E-state index in [0.717, 1.165) is 24.9 Å². The topological polar surface area (TPSA) is 29.1 Å². The third-order valence-electron chi connectivity index (χ3n) is 0.989. The molecule has 0 saturated carbocycles. The molecule has 2 nitrogen and oxygen atoms in total. The second-order valence-corrected chi connectivity index (χ2v) is 1.53. The van der Waals surface area contributed by atoms with Crippen LogP contribution in [-0.4, -0.2) is 19.4 Å².